The zero-order chi connectivity index (χ0) is 13.5. The molecule has 3 nitrogen and oxygen atoms in total. The van der Waals surface area contributed by atoms with Crippen LogP contribution in [0.3, 0.4) is 0 Å². The van der Waals surface area contributed by atoms with Crippen LogP contribution in [0.2, 0.25) is 0 Å². The average molecular weight is 243 g/mol. The summed E-state index contributed by atoms with van der Waals surface area (Å²) in [5, 5.41) is 12.1. The third-order valence-corrected chi connectivity index (χ3v) is 3.49. The Morgan fingerprint density at radius 2 is 1.71 bits per heavy atom. The largest absolute Gasteiger partial charge is 0.396 e. The Morgan fingerprint density at radius 1 is 1.18 bits per heavy atom. The summed E-state index contributed by atoms with van der Waals surface area (Å²) in [7, 11) is 0. The normalized spacial score (nSPS) is 12.6. The van der Waals surface area contributed by atoms with Crippen LogP contribution in [0.1, 0.15) is 60.3 Å². The third-order valence-electron chi connectivity index (χ3n) is 3.49. The fourth-order valence-corrected chi connectivity index (χ4v) is 2.01. The van der Waals surface area contributed by atoms with Crippen molar-refractivity contribution in [3.63, 3.8) is 0 Å². The minimum absolute atomic E-state index is 0.0299. The van der Waals surface area contributed by atoms with E-state index in [-0.39, 0.29) is 23.3 Å². The van der Waals surface area contributed by atoms with Crippen LogP contribution in [0.5, 0.6) is 0 Å². The number of nitrogens with one attached hydrogen (secondary N) is 1. The van der Waals surface area contributed by atoms with Gasteiger partial charge in [0.15, 0.2) is 0 Å². The molecule has 2 N–H and O–H groups in total. The molecule has 0 fully saturated rings. The number of aliphatic hydroxyl groups is 1. The molecule has 0 saturated carbocycles. The number of carbonyl (C=O) groups excluding carboxylic acids is 1. The van der Waals surface area contributed by atoms with E-state index < -0.39 is 0 Å². The molecule has 0 unspecified atom stereocenters. The Bertz CT molecular complexity index is 227. The van der Waals surface area contributed by atoms with Crippen molar-refractivity contribution in [3.8, 4) is 0 Å². The summed E-state index contributed by atoms with van der Waals surface area (Å²) in [6, 6.07) is 0. The molecule has 3 heteroatoms. The van der Waals surface area contributed by atoms with Gasteiger partial charge < -0.3 is 10.4 Å². The Hall–Kier alpha value is -0.570. The van der Waals surface area contributed by atoms with E-state index in [9.17, 15) is 4.79 Å². The maximum absolute atomic E-state index is 11.8. The number of aliphatic hydroxyl groups excluding tert-OH is 1. The standard InChI is InChI=1S/C14H29NO2/c1-6-14(7-2,8-9-16)11-15-12(17)10-13(3,4)5/h16H,6-11H2,1-5H3,(H,15,17). The van der Waals surface area contributed by atoms with Crippen molar-refractivity contribution in [2.75, 3.05) is 13.2 Å². The highest BCUT2D eigenvalue weighted by molar-refractivity contribution is 5.76. The minimum atomic E-state index is 0.0299. The van der Waals surface area contributed by atoms with Gasteiger partial charge in [0, 0.05) is 19.6 Å². The predicted molar refractivity (Wildman–Crippen MR) is 71.8 cm³/mol. The molecule has 0 heterocycles. The Kier molecular flexibility index (Phi) is 6.76. The molecule has 0 spiro atoms. The van der Waals surface area contributed by atoms with Crippen molar-refractivity contribution in [3.05, 3.63) is 0 Å². The van der Waals surface area contributed by atoms with Crippen LogP contribution in [0, 0.1) is 10.8 Å². The van der Waals surface area contributed by atoms with Crippen LogP contribution in [-0.2, 0) is 4.79 Å². The highest BCUT2D eigenvalue weighted by Gasteiger charge is 2.26. The number of rotatable bonds is 7. The zero-order valence-electron chi connectivity index (χ0n) is 12.1. The van der Waals surface area contributed by atoms with Gasteiger partial charge in [-0.1, -0.05) is 34.6 Å². The fourth-order valence-electron chi connectivity index (χ4n) is 2.01. The molecule has 0 aliphatic rings. The number of hydrogen-bond acceptors (Lipinski definition) is 2. The van der Waals surface area contributed by atoms with Gasteiger partial charge in [0.2, 0.25) is 5.91 Å². The highest BCUT2D eigenvalue weighted by Crippen LogP contribution is 2.29. The van der Waals surface area contributed by atoms with Gasteiger partial charge in [-0.15, -0.1) is 0 Å². The van der Waals surface area contributed by atoms with Crippen molar-refractivity contribution in [1.29, 1.82) is 0 Å². The summed E-state index contributed by atoms with van der Waals surface area (Å²) in [5.41, 5.74) is 0.0877. The molecular weight excluding hydrogens is 214 g/mol. The molecular formula is C14H29NO2. The fraction of sp³-hybridized carbons (Fsp3) is 0.929. The van der Waals surface area contributed by atoms with Crippen LogP contribution in [0.15, 0.2) is 0 Å². The van der Waals surface area contributed by atoms with Crippen LogP contribution in [-0.4, -0.2) is 24.2 Å². The smallest absolute Gasteiger partial charge is 0.220 e. The molecule has 0 atom stereocenters. The van der Waals surface area contributed by atoms with E-state index in [4.69, 9.17) is 5.11 Å². The summed E-state index contributed by atoms with van der Waals surface area (Å²) in [4.78, 5) is 11.8. The predicted octanol–water partition coefficient (Wildman–Crippen LogP) is 2.73. The van der Waals surface area contributed by atoms with Gasteiger partial charge in [-0.25, -0.2) is 0 Å². The topological polar surface area (TPSA) is 49.3 Å². The molecule has 0 radical (unpaired) electrons. The molecule has 0 aliphatic heterocycles. The van der Waals surface area contributed by atoms with Crippen molar-refractivity contribution in [1.82, 2.24) is 5.32 Å². The first kappa shape index (κ1) is 16.4. The van der Waals surface area contributed by atoms with Crippen molar-refractivity contribution < 1.29 is 9.90 Å². The lowest BCUT2D eigenvalue weighted by molar-refractivity contribution is -0.123. The van der Waals surface area contributed by atoms with Gasteiger partial charge in [-0.05, 0) is 30.1 Å². The van der Waals surface area contributed by atoms with Crippen LogP contribution in [0.25, 0.3) is 0 Å². The lowest BCUT2D eigenvalue weighted by atomic mass is 9.79. The first-order valence-electron chi connectivity index (χ1n) is 6.66. The molecule has 17 heavy (non-hydrogen) atoms. The lowest BCUT2D eigenvalue weighted by Gasteiger charge is -2.31. The summed E-state index contributed by atoms with van der Waals surface area (Å²) >= 11 is 0. The van der Waals surface area contributed by atoms with E-state index in [1.54, 1.807) is 0 Å². The highest BCUT2D eigenvalue weighted by atomic mass is 16.3. The average Bonchev–Trinajstić information content (AvgIpc) is 2.22. The number of hydrogen-bond donors (Lipinski definition) is 2. The molecule has 0 bridgehead atoms. The molecule has 0 aromatic carbocycles. The summed E-state index contributed by atoms with van der Waals surface area (Å²) in [6.45, 7) is 11.3. The summed E-state index contributed by atoms with van der Waals surface area (Å²) in [6.07, 6.45) is 3.28. The van der Waals surface area contributed by atoms with Gasteiger partial charge in [0.05, 0.1) is 0 Å². The van der Waals surface area contributed by atoms with E-state index in [0.29, 0.717) is 13.0 Å². The molecule has 0 aromatic rings. The van der Waals surface area contributed by atoms with Gasteiger partial charge in [0.25, 0.3) is 0 Å². The second-order valence-electron chi connectivity index (χ2n) is 6.19. The van der Waals surface area contributed by atoms with Crippen molar-refractivity contribution >= 4 is 5.91 Å². The maximum atomic E-state index is 11.8. The third kappa shape index (κ3) is 6.67. The van der Waals surface area contributed by atoms with Gasteiger partial charge >= 0.3 is 0 Å². The van der Waals surface area contributed by atoms with Gasteiger partial charge in [-0.3, -0.25) is 4.79 Å². The van der Waals surface area contributed by atoms with Gasteiger partial charge in [0.1, 0.15) is 0 Å². The second kappa shape index (κ2) is 7.00. The zero-order valence-corrected chi connectivity index (χ0v) is 12.1. The Balaban J connectivity index is 4.26. The molecule has 0 aromatic heterocycles. The number of amides is 1. The quantitative estimate of drug-likeness (QED) is 0.722. The molecule has 0 aliphatic carbocycles. The van der Waals surface area contributed by atoms with Crippen LogP contribution >= 0.6 is 0 Å². The Labute approximate surface area is 106 Å². The van der Waals surface area contributed by atoms with E-state index in [1.165, 1.54) is 0 Å². The first-order valence-corrected chi connectivity index (χ1v) is 6.66. The summed E-state index contributed by atoms with van der Waals surface area (Å²) < 4.78 is 0. The summed E-state index contributed by atoms with van der Waals surface area (Å²) in [5.74, 6) is 0.113. The molecule has 102 valence electrons. The van der Waals surface area contributed by atoms with E-state index in [0.717, 1.165) is 19.3 Å². The van der Waals surface area contributed by atoms with E-state index in [2.05, 4.69) is 39.9 Å². The number of carbonyl (C=O) groups is 1. The molecule has 1 amide bonds. The molecule has 0 rings (SSSR count). The van der Waals surface area contributed by atoms with Crippen molar-refractivity contribution in [2.24, 2.45) is 10.8 Å². The SMILES string of the molecule is CCC(CC)(CCO)CNC(=O)CC(C)(C)C. The van der Waals surface area contributed by atoms with Crippen LogP contribution in [0.4, 0.5) is 0 Å². The van der Waals surface area contributed by atoms with Crippen molar-refractivity contribution in [2.45, 2.75) is 60.3 Å². The van der Waals surface area contributed by atoms with E-state index >= 15 is 0 Å². The van der Waals surface area contributed by atoms with Crippen LogP contribution < -0.4 is 5.32 Å². The molecule has 0 saturated heterocycles. The monoisotopic (exact) mass is 243 g/mol. The maximum Gasteiger partial charge on any atom is 0.220 e. The minimum Gasteiger partial charge on any atom is -0.396 e. The Morgan fingerprint density at radius 3 is 2.06 bits per heavy atom. The van der Waals surface area contributed by atoms with E-state index in [1.807, 2.05) is 0 Å². The lowest BCUT2D eigenvalue weighted by Crippen LogP contribution is -2.38. The van der Waals surface area contributed by atoms with Gasteiger partial charge in [-0.2, -0.15) is 0 Å². The second-order valence-corrected chi connectivity index (χ2v) is 6.19. The first-order chi connectivity index (χ1) is 7.78.